The largest absolute Gasteiger partial charge is 0.461 e. The molecule has 2 nitrogen and oxygen atoms in total. The highest BCUT2D eigenvalue weighted by atomic mass is 32.2. The summed E-state index contributed by atoms with van der Waals surface area (Å²) in [4.78, 5) is 13.1. The zero-order chi connectivity index (χ0) is 21.7. The fraction of sp³-hybridized carbons (Fsp3) is 0.667. The molecule has 1 saturated carbocycles. The minimum absolute atomic E-state index is 0.00654. The first-order valence-corrected chi connectivity index (χ1v) is 12.7. The molecule has 30 heavy (non-hydrogen) atoms. The van der Waals surface area contributed by atoms with Crippen LogP contribution in [-0.4, -0.2) is 22.6 Å². The highest BCUT2D eigenvalue weighted by Gasteiger charge is 2.46. The fourth-order valence-corrected chi connectivity index (χ4v) is 7.11. The minimum Gasteiger partial charge on any atom is -0.461 e. The van der Waals surface area contributed by atoms with Gasteiger partial charge in [-0.25, -0.2) is 0 Å². The third-order valence-electron chi connectivity index (χ3n) is 7.76. The standard InChI is InChI=1S/C27H38O2S/c1-17-7-14-22(27(5,6)20-11-9-19(10-12-20)26(2,3)4)23(15-17)29-25(28)24-18-8-13-21(16-18)30-24/h8-13,17-18,21-24H,7,14-16H2,1-6H3/t17-,18-,21+,22-,23-,24+/m1/s1. The van der Waals surface area contributed by atoms with Crippen molar-refractivity contribution >= 4 is 17.7 Å². The van der Waals surface area contributed by atoms with E-state index in [-0.39, 0.29) is 28.2 Å². The zero-order valence-electron chi connectivity index (χ0n) is 19.5. The van der Waals surface area contributed by atoms with E-state index in [4.69, 9.17) is 4.74 Å². The van der Waals surface area contributed by atoms with Crippen molar-refractivity contribution in [2.45, 2.75) is 94.7 Å². The molecule has 0 radical (unpaired) electrons. The van der Waals surface area contributed by atoms with E-state index in [9.17, 15) is 4.79 Å². The monoisotopic (exact) mass is 426 g/mol. The van der Waals surface area contributed by atoms with Gasteiger partial charge in [-0.1, -0.05) is 84.4 Å². The molecule has 3 aliphatic rings. The number of hydrogen-bond donors (Lipinski definition) is 0. The van der Waals surface area contributed by atoms with Gasteiger partial charge in [-0.3, -0.25) is 4.79 Å². The Morgan fingerprint density at radius 3 is 2.20 bits per heavy atom. The molecule has 0 N–H and O–H groups in total. The van der Waals surface area contributed by atoms with Crippen molar-refractivity contribution in [3.8, 4) is 0 Å². The highest BCUT2D eigenvalue weighted by Crippen LogP contribution is 2.47. The van der Waals surface area contributed by atoms with Crippen LogP contribution in [0.1, 0.15) is 78.4 Å². The average molecular weight is 427 g/mol. The van der Waals surface area contributed by atoms with E-state index in [1.165, 1.54) is 17.5 Å². The summed E-state index contributed by atoms with van der Waals surface area (Å²) in [6, 6.07) is 9.16. The first-order valence-electron chi connectivity index (χ1n) is 11.7. The molecule has 1 aromatic carbocycles. The number of benzene rings is 1. The van der Waals surface area contributed by atoms with Gasteiger partial charge in [-0.15, -0.1) is 11.8 Å². The molecule has 4 rings (SSSR count). The third-order valence-corrected chi connectivity index (χ3v) is 9.30. The predicted octanol–water partition coefficient (Wildman–Crippen LogP) is 6.67. The van der Waals surface area contributed by atoms with Crippen LogP contribution in [0.25, 0.3) is 0 Å². The SMILES string of the molecule is C[C@@H]1CC[C@@H](C(C)(C)c2ccc(C(C)(C)C)cc2)[C@H](OC(=O)[C@H]2S[C@H]3C=C[C@@H]2C3)C1. The molecule has 1 saturated heterocycles. The van der Waals surface area contributed by atoms with Gasteiger partial charge in [-0.05, 0) is 47.1 Å². The van der Waals surface area contributed by atoms with Gasteiger partial charge in [0.15, 0.2) is 0 Å². The highest BCUT2D eigenvalue weighted by molar-refractivity contribution is 8.01. The van der Waals surface area contributed by atoms with Crippen molar-refractivity contribution < 1.29 is 9.53 Å². The topological polar surface area (TPSA) is 26.3 Å². The number of hydrogen-bond acceptors (Lipinski definition) is 3. The van der Waals surface area contributed by atoms with Crippen molar-refractivity contribution in [2.75, 3.05) is 0 Å². The van der Waals surface area contributed by atoms with Crippen molar-refractivity contribution in [3.05, 3.63) is 47.5 Å². The normalized spacial score (nSPS) is 33.7. The molecular formula is C27H38O2S. The van der Waals surface area contributed by atoms with E-state index >= 15 is 0 Å². The zero-order valence-corrected chi connectivity index (χ0v) is 20.3. The Balaban J connectivity index is 1.52. The first-order chi connectivity index (χ1) is 14.1. The maximum atomic E-state index is 13.1. The van der Waals surface area contributed by atoms with Crippen LogP contribution >= 0.6 is 11.8 Å². The van der Waals surface area contributed by atoms with Gasteiger partial charge in [0, 0.05) is 17.1 Å². The second-order valence-electron chi connectivity index (χ2n) is 11.4. The number of rotatable bonds is 4. The molecule has 3 heteroatoms. The molecule has 0 amide bonds. The van der Waals surface area contributed by atoms with Crippen molar-refractivity contribution in [2.24, 2.45) is 17.8 Å². The summed E-state index contributed by atoms with van der Waals surface area (Å²) < 4.78 is 6.30. The quantitative estimate of drug-likeness (QED) is 0.397. The Labute approximate surface area is 187 Å². The molecule has 0 unspecified atom stereocenters. The van der Waals surface area contributed by atoms with Crippen LogP contribution in [0.4, 0.5) is 0 Å². The van der Waals surface area contributed by atoms with E-state index in [0.717, 1.165) is 19.3 Å². The summed E-state index contributed by atoms with van der Waals surface area (Å²) in [5, 5.41) is 0.526. The Hall–Kier alpha value is -1.22. The molecule has 6 atom stereocenters. The maximum Gasteiger partial charge on any atom is 0.319 e. The smallest absolute Gasteiger partial charge is 0.319 e. The average Bonchev–Trinajstić information content (AvgIpc) is 3.31. The van der Waals surface area contributed by atoms with Crippen LogP contribution in [0.5, 0.6) is 0 Å². The van der Waals surface area contributed by atoms with Crippen LogP contribution in [-0.2, 0) is 20.4 Å². The van der Waals surface area contributed by atoms with E-state index in [1.807, 2.05) is 0 Å². The van der Waals surface area contributed by atoms with Gasteiger partial charge in [0.1, 0.15) is 11.4 Å². The summed E-state index contributed by atoms with van der Waals surface area (Å²) >= 11 is 1.81. The third kappa shape index (κ3) is 4.24. The molecule has 1 heterocycles. The van der Waals surface area contributed by atoms with Crippen molar-refractivity contribution in [3.63, 3.8) is 0 Å². The number of ether oxygens (including phenoxy) is 1. The maximum absolute atomic E-state index is 13.1. The Morgan fingerprint density at radius 1 is 0.967 bits per heavy atom. The van der Waals surface area contributed by atoms with Gasteiger partial charge in [0.25, 0.3) is 0 Å². The lowest BCUT2D eigenvalue weighted by molar-refractivity contribution is -0.156. The van der Waals surface area contributed by atoms with Crippen LogP contribution in [0.15, 0.2) is 36.4 Å². The van der Waals surface area contributed by atoms with Crippen LogP contribution in [0, 0.1) is 17.8 Å². The van der Waals surface area contributed by atoms with Crippen molar-refractivity contribution in [1.29, 1.82) is 0 Å². The number of carbonyl (C=O) groups excluding carboxylic acids is 1. The van der Waals surface area contributed by atoms with Crippen molar-refractivity contribution in [1.82, 2.24) is 0 Å². The Bertz CT molecular complexity index is 801. The summed E-state index contributed by atoms with van der Waals surface area (Å²) in [6.07, 6.45) is 8.94. The fourth-order valence-electron chi connectivity index (χ4n) is 5.65. The van der Waals surface area contributed by atoms with Gasteiger partial charge < -0.3 is 4.74 Å². The molecule has 2 bridgehead atoms. The number of thioether (sulfide) groups is 1. The summed E-state index contributed by atoms with van der Waals surface area (Å²) in [5.74, 6) is 1.38. The number of carbonyl (C=O) groups is 1. The predicted molar refractivity (Wildman–Crippen MR) is 127 cm³/mol. The molecular weight excluding hydrogens is 388 g/mol. The summed E-state index contributed by atoms with van der Waals surface area (Å²) in [6.45, 7) is 13.8. The number of fused-ring (bicyclic) bond motifs is 2. The van der Waals surface area contributed by atoms with Crippen LogP contribution in [0.2, 0.25) is 0 Å². The van der Waals surface area contributed by atoms with Gasteiger partial charge in [0.2, 0.25) is 0 Å². The Morgan fingerprint density at radius 2 is 1.63 bits per heavy atom. The van der Waals surface area contributed by atoms with Gasteiger partial charge in [0.05, 0.1) is 0 Å². The lowest BCUT2D eigenvalue weighted by atomic mass is 9.64. The minimum atomic E-state index is -0.0246. The van der Waals surface area contributed by atoms with Crippen LogP contribution < -0.4 is 0 Å². The van der Waals surface area contributed by atoms with Crippen LogP contribution in [0.3, 0.4) is 0 Å². The van der Waals surface area contributed by atoms with E-state index in [0.29, 0.717) is 23.0 Å². The number of esters is 1. The van der Waals surface area contributed by atoms with Gasteiger partial charge >= 0.3 is 5.97 Å². The lowest BCUT2D eigenvalue weighted by Crippen LogP contribution is -2.44. The first kappa shape index (κ1) is 22.0. The second kappa shape index (κ2) is 8.04. The number of allylic oxidation sites excluding steroid dienone is 1. The molecule has 0 aromatic heterocycles. The van der Waals surface area contributed by atoms with Gasteiger partial charge in [-0.2, -0.15) is 0 Å². The van der Waals surface area contributed by atoms with E-state index in [1.54, 1.807) is 11.8 Å². The molecule has 1 aromatic rings. The summed E-state index contributed by atoms with van der Waals surface area (Å²) in [5.41, 5.74) is 2.86. The molecule has 164 valence electrons. The summed E-state index contributed by atoms with van der Waals surface area (Å²) in [7, 11) is 0. The molecule has 2 fully saturated rings. The van der Waals surface area contributed by atoms with E-state index < -0.39 is 0 Å². The lowest BCUT2D eigenvalue weighted by Gasteiger charge is -2.44. The molecule has 0 spiro atoms. The molecule has 2 aliphatic carbocycles. The Kier molecular flexibility index (Phi) is 5.89. The second-order valence-corrected chi connectivity index (χ2v) is 12.8. The van der Waals surface area contributed by atoms with E-state index in [2.05, 4.69) is 78.0 Å². The molecule has 1 aliphatic heterocycles.